The van der Waals surface area contributed by atoms with Crippen LogP contribution in [0, 0.1) is 11.3 Å². The molecule has 0 N–H and O–H groups in total. The molecule has 5 nitrogen and oxygen atoms in total. The summed E-state index contributed by atoms with van der Waals surface area (Å²) in [6.07, 6.45) is 4.91. The summed E-state index contributed by atoms with van der Waals surface area (Å²) in [4.78, 5) is 16.2. The molecule has 0 radical (unpaired) electrons. The van der Waals surface area contributed by atoms with E-state index in [1.165, 1.54) is 11.3 Å². The zero-order valence-corrected chi connectivity index (χ0v) is 15.9. The zero-order valence-electron chi connectivity index (χ0n) is 15.1. The van der Waals surface area contributed by atoms with Crippen LogP contribution in [0.4, 0.5) is 0 Å². The van der Waals surface area contributed by atoms with E-state index in [0.29, 0.717) is 5.56 Å². The molecule has 0 bridgehead atoms. The summed E-state index contributed by atoms with van der Waals surface area (Å²) in [7, 11) is 0. The summed E-state index contributed by atoms with van der Waals surface area (Å²) in [6.45, 7) is 2.63. The zero-order chi connectivity index (χ0) is 18.6. The number of rotatable bonds is 4. The summed E-state index contributed by atoms with van der Waals surface area (Å²) in [5.41, 5.74) is 6.04. The van der Waals surface area contributed by atoms with Crippen LogP contribution in [-0.4, -0.2) is 32.7 Å². The lowest BCUT2D eigenvalue weighted by molar-refractivity contribution is 0.239. The van der Waals surface area contributed by atoms with Crippen molar-refractivity contribution < 1.29 is 0 Å². The van der Waals surface area contributed by atoms with E-state index in [-0.39, 0.29) is 0 Å². The molecule has 3 heterocycles. The van der Waals surface area contributed by atoms with Crippen molar-refractivity contribution in [1.82, 2.24) is 19.9 Å². The number of thioether (sulfide) groups is 1. The van der Waals surface area contributed by atoms with E-state index in [4.69, 9.17) is 10.2 Å². The number of nitriles is 1. The summed E-state index contributed by atoms with van der Waals surface area (Å²) < 4.78 is 0. The quantitative estimate of drug-likeness (QED) is 0.513. The Morgan fingerprint density at radius 2 is 2.00 bits per heavy atom. The molecule has 1 aliphatic heterocycles. The van der Waals surface area contributed by atoms with E-state index < -0.39 is 0 Å². The Morgan fingerprint density at radius 1 is 1.15 bits per heavy atom. The summed E-state index contributed by atoms with van der Waals surface area (Å²) >= 11 is 1.58. The van der Waals surface area contributed by atoms with Gasteiger partial charge in [0.2, 0.25) is 0 Å². The Kier molecular flexibility index (Phi) is 5.14. The molecule has 0 atom stereocenters. The van der Waals surface area contributed by atoms with Crippen LogP contribution >= 0.6 is 11.8 Å². The Hall–Kier alpha value is -2.75. The SMILES string of the molecule is CSc1ncc2c(n1)CCN(Cc1cccc(-c3ccc(C#N)cc3)n1)C2. The van der Waals surface area contributed by atoms with E-state index in [2.05, 4.69) is 27.0 Å². The second-order valence-corrected chi connectivity index (χ2v) is 7.27. The molecule has 0 fully saturated rings. The van der Waals surface area contributed by atoms with Gasteiger partial charge in [-0.15, -0.1) is 0 Å². The number of fused-ring (bicyclic) bond motifs is 1. The van der Waals surface area contributed by atoms with Gasteiger partial charge in [0.15, 0.2) is 5.16 Å². The molecule has 134 valence electrons. The van der Waals surface area contributed by atoms with E-state index in [1.807, 2.05) is 48.9 Å². The van der Waals surface area contributed by atoms with Gasteiger partial charge in [-0.25, -0.2) is 9.97 Å². The van der Waals surface area contributed by atoms with Crippen molar-refractivity contribution in [3.63, 3.8) is 0 Å². The first-order chi connectivity index (χ1) is 13.2. The first-order valence-corrected chi connectivity index (χ1v) is 10.1. The molecule has 0 unspecified atom stereocenters. The van der Waals surface area contributed by atoms with Crippen LogP contribution in [-0.2, 0) is 19.5 Å². The summed E-state index contributed by atoms with van der Waals surface area (Å²) in [5, 5.41) is 9.79. The molecule has 0 saturated heterocycles. The molecule has 3 aromatic rings. The number of benzene rings is 1. The minimum absolute atomic E-state index is 0.661. The number of hydrogen-bond acceptors (Lipinski definition) is 6. The lowest BCUT2D eigenvalue weighted by Crippen LogP contribution is -2.31. The van der Waals surface area contributed by atoms with Crippen LogP contribution < -0.4 is 0 Å². The van der Waals surface area contributed by atoms with Crippen LogP contribution in [0.3, 0.4) is 0 Å². The van der Waals surface area contributed by atoms with Crippen LogP contribution in [0.25, 0.3) is 11.3 Å². The highest BCUT2D eigenvalue weighted by Gasteiger charge is 2.19. The maximum atomic E-state index is 8.94. The van der Waals surface area contributed by atoms with Gasteiger partial charge >= 0.3 is 0 Å². The van der Waals surface area contributed by atoms with Crippen molar-refractivity contribution in [3.8, 4) is 17.3 Å². The lowest BCUT2D eigenvalue weighted by atomic mass is 10.1. The fourth-order valence-electron chi connectivity index (χ4n) is 3.26. The van der Waals surface area contributed by atoms with E-state index in [1.54, 1.807) is 11.8 Å². The number of nitrogens with zero attached hydrogens (tertiary/aromatic N) is 5. The van der Waals surface area contributed by atoms with E-state index in [0.717, 1.165) is 48.2 Å². The van der Waals surface area contributed by atoms with Gasteiger partial charge in [-0.3, -0.25) is 9.88 Å². The van der Waals surface area contributed by atoms with Crippen molar-refractivity contribution in [2.45, 2.75) is 24.7 Å². The fourth-order valence-corrected chi connectivity index (χ4v) is 3.62. The highest BCUT2D eigenvalue weighted by atomic mass is 32.2. The van der Waals surface area contributed by atoms with Gasteiger partial charge in [0.1, 0.15) is 0 Å². The molecule has 0 amide bonds. The molecular weight excluding hydrogens is 354 g/mol. The largest absolute Gasteiger partial charge is 0.293 e. The Bertz CT molecular complexity index is 994. The highest BCUT2D eigenvalue weighted by molar-refractivity contribution is 7.98. The van der Waals surface area contributed by atoms with Crippen LogP contribution in [0.1, 0.15) is 22.5 Å². The van der Waals surface area contributed by atoms with Crippen molar-refractivity contribution >= 4 is 11.8 Å². The van der Waals surface area contributed by atoms with Gasteiger partial charge < -0.3 is 0 Å². The van der Waals surface area contributed by atoms with Gasteiger partial charge in [-0.1, -0.05) is 30.0 Å². The molecule has 1 aromatic carbocycles. The predicted molar refractivity (Wildman–Crippen MR) is 106 cm³/mol. The van der Waals surface area contributed by atoms with Gasteiger partial charge in [0.25, 0.3) is 0 Å². The summed E-state index contributed by atoms with van der Waals surface area (Å²) in [6, 6.07) is 15.8. The maximum Gasteiger partial charge on any atom is 0.187 e. The minimum Gasteiger partial charge on any atom is -0.293 e. The van der Waals surface area contributed by atoms with Gasteiger partial charge in [0, 0.05) is 43.4 Å². The molecule has 6 heteroatoms. The van der Waals surface area contributed by atoms with Gasteiger partial charge in [-0.05, 0) is 30.5 Å². The third-order valence-electron chi connectivity index (χ3n) is 4.68. The molecule has 0 saturated carbocycles. The molecule has 0 spiro atoms. The molecule has 1 aliphatic rings. The Labute approximate surface area is 163 Å². The lowest BCUT2D eigenvalue weighted by Gasteiger charge is -2.27. The second-order valence-electron chi connectivity index (χ2n) is 6.49. The highest BCUT2D eigenvalue weighted by Crippen LogP contribution is 2.22. The Morgan fingerprint density at radius 3 is 2.78 bits per heavy atom. The van der Waals surface area contributed by atoms with Crippen molar-refractivity contribution in [1.29, 1.82) is 5.26 Å². The van der Waals surface area contributed by atoms with Crippen LogP contribution in [0.2, 0.25) is 0 Å². The van der Waals surface area contributed by atoms with Crippen molar-refractivity contribution in [3.05, 3.63) is 71.2 Å². The van der Waals surface area contributed by atoms with Crippen LogP contribution in [0.5, 0.6) is 0 Å². The third-order valence-corrected chi connectivity index (χ3v) is 5.24. The van der Waals surface area contributed by atoms with Gasteiger partial charge in [0.05, 0.1) is 28.7 Å². The standard InChI is InChI=1S/C21H19N5S/c1-27-21-23-12-17-13-26(10-9-20(17)25-21)14-18-3-2-4-19(24-18)16-7-5-15(11-22)6-8-16/h2-8,12H,9-10,13-14H2,1H3. The average molecular weight is 373 g/mol. The molecule has 2 aromatic heterocycles. The number of aromatic nitrogens is 3. The molecule has 4 rings (SSSR count). The third kappa shape index (κ3) is 4.00. The molecule has 27 heavy (non-hydrogen) atoms. The minimum atomic E-state index is 0.661. The Balaban J connectivity index is 1.49. The first-order valence-electron chi connectivity index (χ1n) is 8.83. The fraction of sp³-hybridized carbons (Fsp3) is 0.238. The van der Waals surface area contributed by atoms with Crippen LogP contribution in [0.15, 0.2) is 53.8 Å². The second kappa shape index (κ2) is 7.87. The number of hydrogen-bond donors (Lipinski definition) is 0. The normalized spacial score (nSPS) is 13.8. The smallest absolute Gasteiger partial charge is 0.187 e. The topological polar surface area (TPSA) is 65.7 Å². The maximum absolute atomic E-state index is 8.94. The molecular formula is C21H19N5S. The molecule has 0 aliphatic carbocycles. The van der Waals surface area contributed by atoms with Crippen molar-refractivity contribution in [2.75, 3.05) is 12.8 Å². The predicted octanol–water partition coefficient (Wildman–Crippen LogP) is 3.69. The monoisotopic (exact) mass is 373 g/mol. The van der Waals surface area contributed by atoms with Crippen molar-refractivity contribution in [2.24, 2.45) is 0 Å². The van der Waals surface area contributed by atoms with E-state index >= 15 is 0 Å². The van der Waals surface area contributed by atoms with Gasteiger partial charge in [-0.2, -0.15) is 5.26 Å². The van der Waals surface area contributed by atoms with E-state index in [9.17, 15) is 0 Å². The number of pyridine rings is 1. The summed E-state index contributed by atoms with van der Waals surface area (Å²) in [5.74, 6) is 0. The average Bonchev–Trinajstić information content (AvgIpc) is 2.73. The first kappa shape index (κ1) is 17.7.